The van der Waals surface area contributed by atoms with E-state index in [0.717, 1.165) is 25.8 Å². The zero-order chi connectivity index (χ0) is 14.6. The van der Waals surface area contributed by atoms with E-state index >= 15 is 0 Å². The van der Waals surface area contributed by atoms with Gasteiger partial charge in [-0.2, -0.15) is 0 Å². The molecule has 1 N–H and O–H groups in total. The molecule has 110 valence electrons. The fourth-order valence-corrected chi connectivity index (χ4v) is 2.55. The molecule has 0 radical (unpaired) electrons. The summed E-state index contributed by atoms with van der Waals surface area (Å²) in [7, 11) is 0. The standard InChI is InChI=1S/C14H26N2O3/c1-5-11(3)16(9-13(17)18)14(19)15-8-6-7-10(2)12(15)4/h10-12H,5-9H2,1-4H3,(H,17,18). The van der Waals surface area contributed by atoms with Gasteiger partial charge in [-0.1, -0.05) is 13.8 Å². The van der Waals surface area contributed by atoms with E-state index in [1.165, 1.54) is 4.90 Å². The summed E-state index contributed by atoms with van der Waals surface area (Å²) in [5, 5.41) is 8.98. The van der Waals surface area contributed by atoms with Crippen LogP contribution >= 0.6 is 0 Å². The predicted octanol–water partition coefficient (Wildman–Crippen LogP) is 2.41. The van der Waals surface area contributed by atoms with Crippen LogP contribution < -0.4 is 0 Å². The predicted molar refractivity (Wildman–Crippen MR) is 74.1 cm³/mol. The number of carbonyl (C=O) groups excluding carboxylic acids is 1. The molecule has 0 saturated carbocycles. The van der Waals surface area contributed by atoms with Crippen LogP contribution in [0.15, 0.2) is 0 Å². The van der Waals surface area contributed by atoms with Crippen LogP contribution in [0.1, 0.15) is 47.0 Å². The number of likely N-dealkylation sites (tertiary alicyclic amines) is 1. The zero-order valence-electron chi connectivity index (χ0n) is 12.4. The van der Waals surface area contributed by atoms with Crippen LogP contribution in [0.4, 0.5) is 4.79 Å². The van der Waals surface area contributed by atoms with Gasteiger partial charge in [-0.05, 0) is 39.0 Å². The van der Waals surface area contributed by atoms with E-state index in [4.69, 9.17) is 5.11 Å². The molecule has 1 saturated heterocycles. The van der Waals surface area contributed by atoms with E-state index in [-0.39, 0.29) is 24.7 Å². The molecule has 0 aliphatic carbocycles. The summed E-state index contributed by atoms with van der Waals surface area (Å²) in [5.74, 6) is -0.479. The van der Waals surface area contributed by atoms with Crippen molar-refractivity contribution in [1.82, 2.24) is 9.80 Å². The minimum absolute atomic E-state index is 0.0481. The molecule has 0 bridgehead atoms. The number of nitrogens with zero attached hydrogens (tertiary/aromatic N) is 2. The van der Waals surface area contributed by atoms with Crippen LogP contribution in [0, 0.1) is 5.92 Å². The fourth-order valence-electron chi connectivity index (χ4n) is 2.55. The first-order chi connectivity index (χ1) is 8.88. The topological polar surface area (TPSA) is 60.9 Å². The molecule has 19 heavy (non-hydrogen) atoms. The molecule has 1 rings (SSSR count). The Morgan fingerprint density at radius 1 is 1.42 bits per heavy atom. The number of rotatable bonds is 4. The van der Waals surface area contributed by atoms with E-state index in [9.17, 15) is 9.59 Å². The Balaban J connectivity index is 2.82. The summed E-state index contributed by atoms with van der Waals surface area (Å²) < 4.78 is 0. The SMILES string of the molecule is CCC(C)N(CC(=O)O)C(=O)N1CCCC(C)C1C. The number of hydrogen-bond donors (Lipinski definition) is 1. The Bertz CT molecular complexity index is 333. The van der Waals surface area contributed by atoms with Crippen LogP contribution in [0.25, 0.3) is 0 Å². The first kappa shape index (κ1) is 15.8. The van der Waals surface area contributed by atoms with Crippen molar-refractivity contribution in [3.63, 3.8) is 0 Å². The van der Waals surface area contributed by atoms with Gasteiger partial charge in [0.15, 0.2) is 0 Å². The number of amides is 2. The molecule has 0 spiro atoms. The van der Waals surface area contributed by atoms with Crippen molar-refractivity contribution in [3.8, 4) is 0 Å². The summed E-state index contributed by atoms with van der Waals surface area (Å²) in [5.41, 5.74) is 0. The minimum atomic E-state index is -0.952. The van der Waals surface area contributed by atoms with Crippen LogP contribution in [-0.4, -0.2) is 52.1 Å². The second-order valence-corrected chi connectivity index (χ2v) is 5.61. The van der Waals surface area contributed by atoms with E-state index in [2.05, 4.69) is 13.8 Å². The first-order valence-electron chi connectivity index (χ1n) is 7.17. The highest BCUT2D eigenvalue weighted by Gasteiger charge is 2.33. The summed E-state index contributed by atoms with van der Waals surface area (Å²) in [6.07, 6.45) is 2.89. The Kier molecular flexibility index (Phi) is 5.63. The quantitative estimate of drug-likeness (QED) is 0.853. The van der Waals surface area contributed by atoms with Gasteiger partial charge in [0.25, 0.3) is 0 Å². The van der Waals surface area contributed by atoms with Crippen molar-refractivity contribution in [2.24, 2.45) is 5.92 Å². The van der Waals surface area contributed by atoms with E-state index in [0.29, 0.717) is 5.92 Å². The lowest BCUT2D eigenvalue weighted by molar-refractivity contribution is -0.138. The van der Waals surface area contributed by atoms with Gasteiger partial charge < -0.3 is 14.9 Å². The lowest BCUT2D eigenvalue weighted by atomic mass is 9.92. The molecule has 1 aliphatic rings. The maximum absolute atomic E-state index is 12.6. The largest absolute Gasteiger partial charge is 0.480 e. The molecule has 1 fully saturated rings. The third-order valence-corrected chi connectivity index (χ3v) is 4.29. The molecule has 0 aromatic rings. The van der Waals surface area contributed by atoms with Gasteiger partial charge in [0.05, 0.1) is 0 Å². The van der Waals surface area contributed by atoms with Crippen molar-refractivity contribution >= 4 is 12.0 Å². The minimum Gasteiger partial charge on any atom is -0.480 e. The normalized spacial score (nSPS) is 24.9. The Hall–Kier alpha value is -1.26. The van der Waals surface area contributed by atoms with E-state index in [1.807, 2.05) is 18.7 Å². The number of piperidine rings is 1. The maximum Gasteiger partial charge on any atom is 0.323 e. The summed E-state index contributed by atoms with van der Waals surface area (Å²) >= 11 is 0. The highest BCUT2D eigenvalue weighted by molar-refractivity contribution is 5.80. The zero-order valence-corrected chi connectivity index (χ0v) is 12.4. The molecule has 1 heterocycles. The van der Waals surface area contributed by atoms with Crippen LogP contribution in [0.3, 0.4) is 0 Å². The van der Waals surface area contributed by atoms with Crippen LogP contribution in [0.5, 0.6) is 0 Å². The number of hydrogen-bond acceptors (Lipinski definition) is 2. The lowest BCUT2D eigenvalue weighted by Crippen LogP contribution is -2.54. The van der Waals surface area contributed by atoms with Crippen molar-refractivity contribution in [2.75, 3.05) is 13.1 Å². The van der Waals surface area contributed by atoms with Crippen molar-refractivity contribution in [2.45, 2.75) is 59.0 Å². The van der Waals surface area contributed by atoms with Crippen molar-refractivity contribution in [1.29, 1.82) is 0 Å². The number of carboxylic acid groups (broad SMARTS) is 1. The average Bonchev–Trinajstić information content (AvgIpc) is 2.37. The highest BCUT2D eigenvalue weighted by Crippen LogP contribution is 2.24. The van der Waals surface area contributed by atoms with Gasteiger partial charge in [0.2, 0.25) is 0 Å². The van der Waals surface area contributed by atoms with Crippen LogP contribution in [0.2, 0.25) is 0 Å². The molecule has 0 aromatic carbocycles. The Morgan fingerprint density at radius 3 is 2.58 bits per heavy atom. The van der Waals surface area contributed by atoms with Gasteiger partial charge in [-0.3, -0.25) is 4.79 Å². The number of carbonyl (C=O) groups is 2. The third-order valence-electron chi connectivity index (χ3n) is 4.29. The highest BCUT2D eigenvalue weighted by atomic mass is 16.4. The van der Waals surface area contributed by atoms with Crippen LogP contribution in [-0.2, 0) is 4.79 Å². The molecule has 2 amide bonds. The Morgan fingerprint density at radius 2 is 2.05 bits per heavy atom. The summed E-state index contributed by atoms with van der Waals surface area (Å²) in [4.78, 5) is 26.8. The van der Waals surface area contributed by atoms with E-state index in [1.54, 1.807) is 0 Å². The van der Waals surface area contributed by atoms with Gasteiger partial charge >= 0.3 is 12.0 Å². The molecule has 5 nitrogen and oxygen atoms in total. The molecular formula is C14H26N2O3. The third kappa shape index (κ3) is 3.85. The van der Waals surface area contributed by atoms with Crippen molar-refractivity contribution < 1.29 is 14.7 Å². The number of aliphatic carboxylic acids is 1. The molecule has 0 aromatic heterocycles. The number of carboxylic acids is 1. The van der Waals surface area contributed by atoms with E-state index < -0.39 is 5.97 Å². The summed E-state index contributed by atoms with van der Waals surface area (Å²) in [6.45, 7) is 8.59. The molecular weight excluding hydrogens is 244 g/mol. The first-order valence-corrected chi connectivity index (χ1v) is 7.17. The fraction of sp³-hybridized carbons (Fsp3) is 0.857. The molecule has 5 heteroatoms. The smallest absolute Gasteiger partial charge is 0.323 e. The van der Waals surface area contributed by atoms with Gasteiger partial charge in [-0.15, -0.1) is 0 Å². The molecule has 1 aliphatic heterocycles. The summed E-state index contributed by atoms with van der Waals surface area (Å²) in [6, 6.07) is 0.00503. The molecule has 3 unspecified atom stereocenters. The van der Waals surface area contributed by atoms with Gasteiger partial charge in [0.1, 0.15) is 6.54 Å². The van der Waals surface area contributed by atoms with Crippen molar-refractivity contribution in [3.05, 3.63) is 0 Å². The monoisotopic (exact) mass is 270 g/mol. The average molecular weight is 270 g/mol. The van der Waals surface area contributed by atoms with Gasteiger partial charge in [0, 0.05) is 18.6 Å². The lowest BCUT2D eigenvalue weighted by Gasteiger charge is -2.41. The van der Waals surface area contributed by atoms with Gasteiger partial charge in [-0.25, -0.2) is 4.79 Å². The second-order valence-electron chi connectivity index (χ2n) is 5.61. The molecule has 3 atom stereocenters. The second kappa shape index (κ2) is 6.78. The maximum atomic E-state index is 12.6. The Labute approximate surface area is 115 Å². The number of urea groups is 1.